The minimum Gasteiger partial charge on any atom is -0.352 e. The Morgan fingerprint density at radius 2 is 1.76 bits per heavy atom. The second-order valence-electron chi connectivity index (χ2n) is 6.07. The number of barbiturate groups is 1. The highest BCUT2D eigenvalue weighted by molar-refractivity contribution is 6.16. The highest BCUT2D eigenvalue weighted by Gasteiger charge is 2.46. The summed E-state index contributed by atoms with van der Waals surface area (Å²) in [5.74, 6) is -1.65. The molecule has 3 aliphatic rings. The summed E-state index contributed by atoms with van der Waals surface area (Å²) >= 11 is 0. The predicted molar refractivity (Wildman–Crippen MR) is 71.9 cm³/mol. The zero-order valence-electron chi connectivity index (χ0n) is 11.8. The minimum absolute atomic E-state index is 0.0336. The van der Waals surface area contributed by atoms with E-state index in [9.17, 15) is 19.2 Å². The molecular weight excluding hydrogens is 274 g/mol. The van der Waals surface area contributed by atoms with Gasteiger partial charge >= 0.3 is 6.03 Å². The van der Waals surface area contributed by atoms with Crippen LogP contribution < -0.4 is 10.6 Å². The van der Waals surface area contributed by atoms with Gasteiger partial charge in [0.2, 0.25) is 17.7 Å². The van der Waals surface area contributed by atoms with Gasteiger partial charge in [0.15, 0.2) is 0 Å². The van der Waals surface area contributed by atoms with Gasteiger partial charge in [0, 0.05) is 12.5 Å². The van der Waals surface area contributed by atoms with Gasteiger partial charge in [0.1, 0.15) is 5.92 Å². The van der Waals surface area contributed by atoms with Crippen LogP contribution in [0.3, 0.4) is 0 Å². The van der Waals surface area contributed by atoms with Crippen LogP contribution >= 0.6 is 0 Å². The number of amides is 5. The van der Waals surface area contributed by atoms with Crippen LogP contribution in [0.2, 0.25) is 0 Å². The number of carbonyl (C=O) groups is 4. The van der Waals surface area contributed by atoms with Crippen LogP contribution in [-0.4, -0.2) is 41.2 Å². The Morgan fingerprint density at radius 3 is 2.38 bits per heavy atom. The topological polar surface area (TPSA) is 95.6 Å². The number of nitrogens with one attached hydrogen (secondary N) is 2. The predicted octanol–water partition coefficient (Wildman–Crippen LogP) is 0.150. The summed E-state index contributed by atoms with van der Waals surface area (Å²) in [6, 6.07) is -0.870. The lowest BCUT2D eigenvalue weighted by atomic mass is 9.87. The van der Waals surface area contributed by atoms with Crippen molar-refractivity contribution in [1.82, 2.24) is 15.5 Å². The summed E-state index contributed by atoms with van der Waals surface area (Å²) in [5.41, 5.74) is 0. The van der Waals surface area contributed by atoms with Gasteiger partial charge < -0.3 is 5.32 Å². The minimum atomic E-state index is -0.748. The monoisotopic (exact) mass is 293 g/mol. The Hall–Kier alpha value is -1.92. The molecular formula is C14H19N3O4. The van der Waals surface area contributed by atoms with Crippen LogP contribution in [0.15, 0.2) is 0 Å². The van der Waals surface area contributed by atoms with Crippen LogP contribution in [0.4, 0.5) is 4.79 Å². The molecule has 0 aromatic rings. The standard InChI is InChI=1S/C14H19N3O4/c18-10-6-5-9(15-10)7-17-13(20)11(8-3-1-2-4-8)12(19)16-14(17)21/h8-9,11H,1-7H2,(H,15,18)(H,16,19,21). The number of nitrogens with zero attached hydrogens (tertiary/aromatic N) is 1. The molecule has 7 nitrogen and oxygen atoms in total. The summed E-state index contributed by atoms with van der Waals surface area (Å²) in [6.45, 7) is 0.146. The van der Waals surface area contributed by atoms with E-state index >= 15 is 0 Å². The van der Waals surface area contributed by atoms with Gasteiger partial charge in [-0.15, -0.1) is 0 Å². The molecule has 5 amide bonds. The lowest BCUT2D eigenvalue weighted by molar-refractivity contribution is -0.145. The van der Waals surface area contributed by atoms with Crippen molar-refractivity contribution in [1.29, 1.82) is 0 Å². The van der Waals surface area contributed by atoms with E-state index in [4.69, 9.17) is 0 Å². The molecule has 21 heavy (non-hydrogen) atoms. The van der Waals surface area contributed by atoms with Crippen LogP contribution in [0.5, 0.6) is 0 Å². The van der Waals surface area contributed by atoms with E-state index in [0.717, 1.165) is 30.6 Å². The third-order valence-corrected chi connectivity index (χ3v) is 4.65. The molecule has 114 valence electrons. The lowest BCUT2D eigenvalue weighted by Crippen LogP contribution is -2.61. The van der Waals surface area contributed by atoms with E-state index in [-0.39, 0.29) is 24.4 Å². The first kappa shape index (κ1) is 14.0. The Bertz CT molecular complexity index is 498. The van der Waals surface area contributed by atoms with E-state index in [1.807, 2.05) is 0 Å². The Labute approximate surface area is 122 Å². The molecule has 7 heteroatoms. The largest absolute Gasteiger partial charge is 0.352 e. The maximum atomic E-state index is 12.5. The molecule has 1 saturated carbocycles. The quantitative estimate of drug-likeness (QED) is 0.724. The molecule has 0 aromatic heterocycles. The summed E-state index contributed by atoms with van der Waals surface area (Å²) in [7, 11) is 0. The first-order valence-corrected chi connectivity index (χ1v) is 7.52. The Balaban J connectivity index is 1.72. The number of hydrogen-bond donors (Lipinski definition) is 2. The molecule has 0 bridgehead atoms. The fourth-order valence-corrected chi connectivity index (χ4v) is 3.54. The van der Waals surface area contributed by atoms with Crippen molar-refractivity contribution in [3.05, 3.63) is 0 Å². The van der Waals surface area contributed by atoms with Gasteiger partial charge in [-0.3, -0.25) is 24.6 Å². The molecule has 2 saturated heterocycles. The molecule has 0 aromatic carbocycles. The fourth-order valence-electron chi connectivity index (χ4n) is 3.54. The molecule has 0 spiro atoms. The number of rotatable bonds is 3. The van der Waals surface area contributed by atoms with Crippen LogP contribution in [-0.2, 0) is 14.4 Å². The molecule has 2 atom stereocenters. The van der Waals surface area contributed by atoms with Crippen molar-refractivity contribution >= 4 is 23.8 Å². The molecule has 1 aliphatic carbocycles. The number of carbonyl (C=O) groups excluding carboxylic acids is 4. The van der Waals surface area contributed by atoms with Crippen molar-refractivity contribution in [2.75, 3.05) is 6.54 Å². The average Bonchev–Trinajstić information content (AvgIpc) is 3.06. The van der Waals surface area contributed by atoms with E-state index in [0.29, 0.717) is 12.8 Å². The van der Waals surface area contributed by atoms with Gasteiger partial charge in [-0.05, 0) is 25.2 Å². The van der Waals surface area contributed by atoms with Crippen molar-refractivity contribution in [3.8, 4) is 0 Å². The second-order valence-corrected chi connectivity index (χ2v) is 6.07. The molecule has 3 rings (SSSR count). The van der Waals surface area contributed by atoms with Gasteiger partial charge in [0.05, 0.1) is 6.54 Å². The zero-order valence-corrected chi connectivity index (χ0v) is 11.8. The summed E-state index contributed by atoms with van der Waals surface area (Å²) in [6.07, 6.45) is 4.78. The maximum Gasteiger partial charge on any atom is 0.330 e. The van der Waals surface area contributed by atoms with Crippen molar-refractivity contribution in [2.45, 2.75) is 44.6 Å². The maximum absolute atomic E-state index is 12.5. The van der Waals surface area contributed by atoms with Gasteiger partial charge in [-0.25, -0.2) is 4.79 Å². The molecule has 0 radical (unpaired) electrons. The highest BCUT2D eigenvalue weighted by Crippen LogP contribution is 2.34. The summed E-state index contributed by atoms with van der Waals surface area (Å²) < 4.78 is 0. The van der Waals surface area contributed by atoms with Crippen molar-refractivity contribution in [3.63, 3.8) is 0 Å². The molecule has 3 fully saturated rings. The Morgan fingerprint density at radius 1 is 1.05 bits per heavy atom. The summed E-state index contributed by atoms with van der Waals surface area (Å²) in [4.78, 5) is 48.7. The van der Waals surface area contributed by atoms with Crippen molar-refractivity contribution < 1.29 is 19.2 Å². The summed E-state index contributed by atoms with van der Waals surface area (Å²) in [5, 5.41) is 5.03. The number of urea groups is 1. The first-order chi connectivity index (χ1) is 10.1. The van der Waals surface area contributed by atoms with Crippen LogP contribution in [0.1, 0.15) is 38.5 Å². The zero-order chi connectivity index (χ0) is 15.0. The highest BCUT2D eigenvalue weighted by atomic mass is 16.2. The van der Waals surface area contributed by atoms with E-state index in [1.54, 1.807) is 0 Å². The Kier molecular flexibility index (Phi) is 3.65. The smallest absolute Gasteiger partial charge is 0.330 e. The molecule has 2 heterocycles. The number of imide groups is 2. The molecule has 2 N–H and O–H groups in total. The SMILES string of the molecule is O=C1CCC(CN2C(=O)NC(=O)C(C3CCCC3)C2=O)N1. The van der Waals surface area contributed by atoms with E-state index in [1.165, 1.54) is 0 Å². The lowest BCUT2D eigenvalue weighted by Gasteiger charge is -2.34. The van der Waals surface area contributed by atoms with Gasteiger partial charge in [-0.1, -0.05) is 12.8 Å². The van der Waals surface area contributed by atoms with Crippen LogP contribution in [0.25, 0.3) is 0 Å². The van der Waals surface area contributed by atoms with Crippen molar-refractivity contribution in [2.24, 2.45) is 11.8 Å². The number of hydrogen-bond acceptors (Lipinski definition) is 4. The normalized spacial score (nSPS) is 30.8. The van der Waals surface area contributed by atoms with E-state index in [2.05, 4.69) is 10.6 Å². The molecule has 2 unspecified atom stereocenters. The van der Waals surface area contributed by atoms with E-state index < -0.39 is 23.8 Å². The average molecular weight is 293 g/mol. The van der Waals surface area contributed by atoms with Crippen LogP contribution in [0, 0.1) is 11.8 Å². The third-order valence-electron chi connectivity index (χ3n) is 4.65. The molecule has 2 aliphatic heterocycles. The fraction of sp³-hybridized carbons (Fsp3) is 0.714. The first-order valence-electron chi connectivity index (χ1n) is 7.52. The third kappa shape index (κ3) is 2.64. The second kappa shape index (κ2) is 5.46. The van der Waals surface area contributed by atoms with Gasteiger partial charge in [-0.2, -0.15) is 0 Å². The van der Waals surface area contributed by atoms with Gasteiger partial charge in [0.25, 0.3) is 0 Å².